The fraction of sp³-hybridized carbons (Fsp3) is 0.312. The third-order valence-corrected chi connectivity index (χ3v) is 3.67. The van der Waals surface area contributed by atoms with Crippen LogP contribution in [-0.2, 0) is 30.0 Å². The van der Waals surface area contributed by atoms with Crippen molar-refractivity contribution in [3.63, 3.8) is 0 Å². The highest BCUT2D eigenvalue weighted by atomic mass is 19.4. The van der Waals surface area contributed by atoms with Crippen LogP contribution in [-0.4, -0.2) is 50.6 Å². The van der Waals surface area contributed by atoms with Crippen LogP contribution in [0, 0.1) is 0 Å². The number of alkyl halides is 3. The number of benzene rings is 1. The molecule has 0 aromatic heterocycles. The Kier molecular flexibility index (Phi) is 5.74. The molecule has 11 heteroatoms. The summed E-state index contributed by atoms with van der Waals surface area (Å²) in [6, 6.07) is 2.24. The van der Waals surface area contributed by atoms with Gasteiger partial charge in [0.25, 0.3) is 0 Å². The van der Waals surface area contributed by atoms with E-state index >= 15 is 0 Å². The van der Waals surface area contributed by atoms with Gasteiger partial charge in [-0.05, 0) is 18.2 Å². The lowest BCUT2D eigenvalue weighted by Gasteiger charge is -2.33. The average molecular weight is 389 g/mol. The number of aromatic carboxylic acids is 1. The molecular weight excluding hydrogens is 375 g/mol. The second-order valence-corrected chi connectivity index (χ2v) is 5.25. The van der Waals surface area contributed by atoms with Crippen LogP contribution in [0.15, 0.2) is 29.5 Å². The van der Waals surface area contributed by atoms with E-state index in [0.29, 0.717) is 6.07 Å². The largest absolute Gasteiger partial charge is 0.478 e. The lowest BCUT2D eigenvalue weighted by Crippen LogP contribution is -2.39. The van der Waals surface area contributed by atoms with Crippen LogP contribution in [0.2, 0.25) is 0 Å². The van der Waals surface area contributed by atoms with Crippen LogP contribution in [0.1, 0.15) is 15.9 Å². The maximum Gasteiger partial charge on any atom is 0.418 e. The summed E-state index contributed by atoms with van der Waals surface area (Å²) in [5.74, 6) is -3.61. The first-order valence-corrected chi connectivity index (χ1v) is 7.31. The van der Waals surface area contributed by atoms with Crippen LogP contribution >= 0.6 is 0 Å². The average Bonchev–Trinajstić information content (AvgIpc) is 2.64. The second kappa shape index (κ2) is 7.66. The van der Waals surface area contributed by atoms with E-state index < -0.39 is 53.3 Å². The quantitative estimate of drug-likeness (QED) is 0.778. The third-order valence-electron chi connectivity index (χ3n) is 3.67. The molecule has 0 saturated heterocycles. The maximum atomic E-state index is 13.5. The fourth-order valence-corrected chi connectivity index (χ4v) is 2.47. The number of carboxylic acids is 1. The van der Waals surface area contributed by atoms with Crippen molar-refractivity contribution < 1.29 is 46.9 Å². The highest BCUT2D eigenvalue weighted by molar-refractivity contribution is 6.03. The van der Waals surface area contributed by atoms with E-state index in [1.807, 2.05) is 0 Å². The van der Waals surface area contributed by atoms with E-state index in [1.165, 1.54) is 0 Å². The predicted octanol–water partition coefficient (Wildman–Crippen LogP) is 1.80. The summed E-state index contributed by atoms with van der Waals surface area (Å²) in [5, 5.41) is 8.95. The Morgan fingerprint density at radius 2 is 1.78 bits per heavy atom. The standard InChI is InChI=1S/C16H14F3NO7/c1-25-14(23)9-6-27-7-20(12(9)15(24)26-2)11-4-3-8(13(21)22)5-10(11)16(17,18)19/h3-5H,6-7H2,1-2H3,(H,21,22). The van der Waals surface area contributed by atoms with E-state index in [9.17, 15) is 27.6 Å². The van der Waals surface area contributed by atoms with Gasteiger partial charge in [0, 0.05) is 0 Å². The fourth-order valence-electron chi connectivity index (χ4n) is 2.47. The molecule has 0 saturated carbocycles. The lowest BCUT2D eigenvalue weighted by molar-refractivity contribution is -0.141. The van der Waals surface area contributed by atoms with Crippen LogP contribution in [0.25, 0.3) is 0 Å². The summed E-state index contributed by atoms with van der Waals surface area (Å²) < 4.78 is 54.7. The van der Waals surface area contributed by atoms with Crippen molar-refractivity contribution in [3.8, 4) is 0 Å². The van der Waals surface area contributed by atoms with Gasteiger partial charge in [-0.1, -0.05) is 0 Å². The zero-order valence-corrected chi connectivity index (χ0v) is 14.1. The van der Waals surface area contributed by atoms with Gasteiger partial charge < -0.3 is 24.2 Å². The van der Waals surface area contributed by atoms with Crippen molar-refractivity contribution in [2.45, 2.75) is 6.18 Å². The number of methoxy groups -OCH3 is 2. The number of carbonyl (C=O) groups excluding carboxylic acids is 2. The van der Waals surface area contributed by atoms with Gasteiger partial charge in [-0.25, -0.2) is 14.4 Å². The second-order valence-electron chi connectivity index (χ2n) is 5.25. The van der Waals surface area contributed by atoms with Crippen molar-refractivity contribution in [1.29, 1.82) is 0 Å². The third kappa shape index (κ3) is 4.03. The number of nitrogens with zero attached hydrogens (tertiary/aromatic N) is 1. The summed E-state index contributed by atoms with van der Waals surface area (Å²) in [7, 11) is 2.03. The molecule has 0 amide bonds. The Morgan fingerprint density at radius 1 is 1.15 bits per heavy atom. The van der Waals surface area contributed by atoms with Crippen molar-refractivity contribution in [2.75, 3.05) is 32.5 Å². The minimum atomic E-state index is -4.94. The minimum absolute atomic E-state index is 0.328. The molecule has 0 fully saturated rings. The molecule has 2 rings (SSSR count). The number of hydrogen-bond donors (Lipinski definition) is 1. The smallest absolute Gasteiger partial charge is 0.418 e. The zero-order chi connectivity index (χ0) is 20.4. The number of anilines is 1. The topological polar surface area (TPSA) is 102 Å². The van der Waals surface area contributed by atoms with Gasteiger partial charge in [0.1, 0.15) is 12.4 Å². The predicted molar refractivity (Wildman–Crippen MR) is 82.8 cm³/mol. The van der Waals surface area contributed by atoms with Crippen LogP contribution in [0.4, 0.5) is 18.9 Å². The maximum absolute atomic E-state index is 13.5. The van der Waals surface area contributed by atoms with Crippen molar-refractivity contribution in [1.82, 2.24) is 0 Å². The zero-order valence-electron chi connectivity index (χ0n) is 14.1. The Morgan fingerprint density at radius 3 is 2.30 bits per heavy atom. The van der Waals surface area contributed by atoms with E-state index in [2.05, 4.69) is 9.47 Å². The van der Waals surface area contributed by atoms with E-state index in [4.69, 9.17) is 9.84 Å². The van der Waals surface area contributed by atoms with Crippen molar-refractivity contribution in [3.05, 3.63) is 40.6 Å². The van der Waals surface area contributed by atoms with Crippen LogP contribution < -0.4 is 4.90 Å². The summed E-state index contributed by atoms with van der Waals surface area (Å²) >= 11 is 0. The number of hydrogen-bond acceptors (Lipinski definition) is 7. The molecule has 8 nitrogen and oxygen atoms in total. The molecule has 146 valence electrons. The Balaban J connectivity index is 2.72. The Hall–Kier alpha value is -3.08. The Labute approximate surface area is 150 Å². The first-order chi connectivity index (χ1) is 12.6. The van der Waals surface area contributed by atoms with Crippen molar-refractivity contribution >= 4 is 23.6 Å². The SMILES string of the molecule is COC(=O)C1=C(C(=O)OC)N(c2ccc(C(=O)O)cc2C(F)(F)F)COC1. The van der Waals surface area contributed by atoms with Gasteiger partial charge in [0.15, 0.2) is 0 Å². The molecule has 1 heterocycles. The van der Waals surface area contributed by atoms with Gasteiger partial charge in [-0.2, -0.15) is 13.2 Å². The molecule has 1 aromatic rings. The normalized spacial score (nSPS) is 14.8. The van der Waals surface area contributed by atoms with Gasteiger partial charge in [0.05, 0.1) is 43.2 Å². The summed E-state index contributed by atoms with van der Waals surface area (Å²) in [4.78, 5) is 35.9. The molecule has 0 aliphatic carbocycles. The molecule has 1 N–H and O–H groups in total. The number of ether oxygens (including phenoxy) is 3. The van der Waals surface area contributed by atoms with E-state index in [1.54, 1.807) is 0 Å². The Bertz CT molecular complexity index is 817. The number of carbonyl (C=O) groups is 3. The number of halogens is 3. The highest BCUT2D eigenvalue weighted by Gasteiger charge is 2.40. The highest BCUT2D eigenvalue weighted by Crippen LogP contribution is 2.39. The number of rotatable bonds is 4. The first-order valence-electron chi connectivity index (χ1n) is 7.31. The van der Waals surface area contributed by atoms with Crippen LogP contribution in [0.5, 0.6) is 0 Å². The summed E-state index contributed by atoms with van der Waals surface area (Å²) in [6.45, 7) is -0.872. The van der Waals surface area contributed by atoms with Gasteiger partial charge in [-0.3, -0.25) is 0 Å². The molecular formula is C16H14F3NO7. The molecule has 0 bridgehead atoms. The molecule has 1 aromatic carbocycles. The molecule has 0 spiro atoms. The molecule has 27 heavy (non-hydrogen) atoms. The van der Waals surface area contributed by atoms with E-state index in [-0.39, 0.29) is 12.2 Å². The minimum Gasteiger partial charge on any atom is -0.478 e. The molecule has 1 aliphatic rings. The molecule has 1 aliphatic heterocycles. The monoisotopic (exact) mass is 389 g/mol. The molecule has 0 radical (unpaired) electrons. The van der Waals surface area contributed by atoms with E-state index in [0.717, 1.165) is 31.3 Å². The first kappa shape index (κ1) is 20.2. The van der Waals surface area contributed by atoms with Gasteiger partial charge >= 0.3 is 24.1 Å². The van der Waals surface area contributed by atoms with Crippen molar-refractivity contribution in [2.24, 2.45) is 0 Å². The molecule has 0 unspecified atom stereocenters. The summed E-state index contributed by atoms with van der Waals surface area (Å²) in [5.41, 5.74) is -3.30. The number of carboxylic acid groups (broad SMARTS) is 1. The molecule has 0 atom stereocenters. The van der Waals surface area contributed by atoms with Gasteiger partial charge in [0.2, 0.25) is 0 Å². The van der Waals surface area contributed by atoms with Gasteiger partial charge in [-0.15, -0.1) is 0 Å². The van der Waals surface area contributed by atoms with Crippen LogP contribution in [0.3, 0.4) is 0 Å². The summed E-state index contributed by atoms with van der Waals surface area (Å²) in [6.07, 6.45) is -4.94. The lowest BCUT2D eigenvalue weighted by atomic mass is 10.0. The number of esters is 2.